The minimum absolute atomic E-state index is 0.337. The van der Waals surface area contributed by atoms with E-state index in [9.17, 15) is 9.59 Å². The number of amides is 1. The Morgan fingerprint density at radius 2 is 1.70 bits per heavy atom. The molecule has 2 aromatic heterocycles. The predicted octanol–water partition coefficient (Wildman–Crippen LogP) is 6.54. The summed E-state index contributed by atoms with van der Waals surface area (Å²) in [5, 5.41) is 7.43. The number of anilines is 1. The van der Waals surface area contributed by atoms with Crippen LogP contribution in [0, 0.1) is 13.8 Å². The molecule has 8 heteroatoms. The number of hydrogen-bond acceptors (Lipinski definition) is 6. The van der Waals surface area contributed by atoms with Gasteiger partial charge in [0.1, 0.15) is 5.82 Å². The van der Waals surface area contributed by atoms with Crippen LogP contribution in [-0.4, -0.2) is 32.9 Å². The van der Waals surface area contributed by atoms with E-state index in [1.165, 1.54) is 11.3 Å². The normalized spacial score (nSPS) is 11.9. The van der Waals surface area contributed by atoms with E-state index in [-0.39, 0.29) is 0 Å². The van der Waals surface area contributed by atoms with Crippen LogP contribution < -0.4 is 5.32 Å². The lowest BCUT2D eigenvalue weighted by atomic mass is 10.1. The number of esters is 1. The second-order valence-corrected chi connectivity index (χ2v) is 9.62. The first-order chi connectivity index (χ1) is 17.9. The molecule has 0 saturated carbocycles. The van der Waals surface area contributed by atoms with Gasteiger partial charge < -0.3 is 9.72 Å². The van der Waals surface area contributed by atoms with E-state index in [1.807, 2.05) is 37.4 Å². The molecule has 186 valence electrons. The van der Waals surface area contributed by atoms with Crippen molar-refractivity contribution in [3.8, 4) is 22.6 Å². The maximum absolute atomic E-state index is 12.9. The summed E-state index contributed by atoms with van der Waals surface area (Å²) in [6.07, 6.45) is -0.598. The van der Waals surface area contributed by atoms with Crippen molar-refractivity contribution < 1.29 is 14.3 Å². The molecule has 5 rings (SSSR count). The first-order valence-electron chi connectivity index (χ1n) is 12.0. The third-order valence-electron chi connectivity index (χ3n) is 6.21. The second-order valence-electron chi connectivity index (χ2n) is 8.76. The lowest BCUT2D eigenvalue weighted by Crippen LogP contribution is -2.32. The summed E-state index contributed by atoms with van der Waals surface area (Å²) in [6, 6.07) is 21.2. The zero-order chi connectivity index (χ0) is 25.9. The molecular weight excluding hydrogens is 484 g/mol. The summed E-state index contributed by atoms with van der Waals surface area (Å²) < 4.78 is 5.53. The highest BCUT2D eigenvalue weighted by Gasteiger charge is 2.23. The van der Waals surface area contributed by atoms with Crippen LogP contribution in [0.2, 0.25) is 0 Å². The van der Waals surface area contributed by atoms with Crippen LogP contribution in [0.4, 0.5) is 5.13 Å². The van der Waals surface area contributed by atoms with E-state index in [0.717, 1.165) is 44.8 Å². The molecule has 0 saturated heterocycles. The monoisotopic (exact) mass is 510 g/mol. The lowest BCUT2D eigenvalue weighted by Gasteiger charge is -2.15. The Hall–Kier alpha value is -4.30. The second kappa shape index (κ2) is 10.4. The zero-order valence-electron chi connectivity index (χ0n) is 20.7. The summed E-state index contributed by atoms with van der Waals surface area (Å²) in [6.45, 7) is 5.70. The lowest BCUT2D eigenvalue weighted by molar-refractivity contribution is -0.124. The molecule has 5 aromatic rings. The van der Waals surface area contributed by atoms with Crippen molar-refractivity contribution in [3.05, 3.63) is 89.1 Å². The molecule has 2 heterocycles. The molecule has 0 aliphatic heterocycles. The number of imidazole rings is 1. The molecule has 2 N–H and O–H groups in total. The molecule has 7 nitrogen and oxygen atoms in total. The average Bonchev–Trinajstić information content (AvgIpc) is 3.52. The number of hydrogen-bond donors (Lipinski definition) is 2. The van der Waals surface area contributed by atoms with Gasteiger partial charge in [-0.1, -0.05) is 55.5 Å². The van der Waals surface area contributed by atoms with Crippen LogP contribution in [0.3, 0.4) is 0 Å². The van der Waals surface area contributed by atoms with Gasteiger partial charge in [0.2, 0.25) is 0 Å². The van der Waals surface area contributed by atoms with Crippen molar-refractivity contribution in [2.24, 2.45) is 0 Å². The number of ether oxygens (including phenoxy) is 1. The highest BCUT2D eigenvalue weighted by atomic mass is 32.1. The van der Waals surface area contributed by atoms with E-state index in [2.05, 4.69) is 44.5 Å². The molecular formula is C29H26N4O3S. The van der Waals surface area contributed by atoms with E-state index < -0.39 is 18.0 Å². The van der Waals surface area contributed by atoms with Crippen LogP contribution in [-0.2, 0) is 9.53 Å². The fourth-order valence-corrected chi connectivity index (χ4v) is 4.69. The molecule has 3 aromatic carbocycles. The Morgan fingerprint density at radius 1 is 0.973 bits per heavy atom. The number of aromatic nitrogens is 3. The molecule has 0 aliphatic rings. The summed E-state index contributed by atoms with van der Waals surface area (Å²) in [5.41, 5.74) is 4.90. The molecule has 1 amide bonds. The fraction of sp³-hybridized carbons (Fsp3) is 0.172. The van der Waals surface area contributed by atoms with E-state index in [0.29, 0.717) is 17.1 Å². The maximum atomic E-state index is 12.9. The Balaban J connectivity index is 1.23. The molecule has 1 atom stereocenters. The van der Waals surface area contributed by atoms with Crippen LogP contribution in [0.1, 0.15) is 35.1 Å². The average molecular weight is 511 g/mol. The van der Waals surface area contributed by atoms with Gasteiger partial charge >= 0.3 is 5.97 Å². The van der Waals surface area contributed by atoms with Gasteiger partial charge in [0.05, 0.1) is 17.0 Å². The Morgan fingerprint density at radius 3 is 2.41 bits per heavy atom. The maximum Gasteiger partial charge on any atom is 0.338 e. The number of carbonyl (C=O) groups excluding carboxylic acids is 2. The fourth-order valence-electron chi connectivity index (χ4n) is 3.97. The minimum Gasteiger partial charge on any atom is -0.449 e. The van der Waals surface area contributed by atoms with Crippen molar-refractivity contribution in [3.63, 3.8) is 0 Å². The van der Waals surface area contributed by atoms with Crippen molar-refractivity contribution >= 4 is 39.1 Å². The number of fused-ring (bicyclic) bond motifs is 1. The molecule has 0 bridgehead atoms. The highest BCUT2D eigenvalue weighted by molar-refractivity contribution is 7.14. The van der Waals surface area contributed by atoms with E-state index in [1.54, 1.807) is 31.2 Å². The van der Waals surface area contributed by atoms with Gasteiger partial charge in [-0.05, 0) is 49.2 Å². The minimum atomic E-state index is -0.935. The largest absolute Gasteiger partial charge is 0.449 e. The number of nitrogens with zero attached hydrogens (tertiary/aromatic N) is 2. The third kappa shape index (κ3) is 5.29. The van der Waals surface area contributed by atoms with Crippen LogP contribution >= 0.6 is 11.3 Å². The number of benzene rings is 3. The topological polar surface area (TPSA) is 97.0 Å². The van der Waals surface area contributed by atoms with Gasteiger partial charge in [-0.3, -0.25) is 10.1 Å². The van der Waals surface area contributed by atoms with Crippen LogP contribution in [0.25, 0.3) is 33.4 Å². The zero-order valence-corrected chi connectivity index (χ0v) is 21.6. The standard InChI is InChI=1S/C29H26N4O3S/c1-4-25(36-28(35)21-12-10-20(11-13-21)26-30-17(2)18(3)31-26)27(34)33-29-32-24(16-37-29)23-14-9-19-7-5-6-8-22(19)15-23/h5-16,25H,4H2,1-3H3,(H,30,31)(H,32,33,34). The Labute approximate surface area is 218 Å². The number of aryl methyl sites for hydroxylation is 2. The van der Waals surface area contributed by atoms with Gasteiger partial charge in [-0.25, -0.2) is 14.8 Å². The van der Waals surface area contributed by atoms with Crippen LogP contribution in [0.5, 0.6) is 0 Å². The molecule has 1 unspecified atom stereocenters. The van der Waals surface area contributed by atoms with Crippen molar-refractivity contribution in [2.45, 2.75) is 33.3 Å². The van der Waals surface area contributed by atoms with Crippen molar-refractivity contribution in [1.82, 2.24) is 15.0 Å². The SMILES string of the molecule is CCC(OC(=O)c1ccc(-c2nc(C)c(C)[nH]2)cc1)C(=O)Nc1nc(-c2ccc3ccccc3c2)cs1. The number of H-pyrrole nitrogens is 1. The number of aromatic amines is 1. The highest BCUT2D eigenvalue weighted by Crippen LogP contribution is 2.28. The van der Waals surface area contributed by atoms with Gasteiger partial charge in [0, 0.05) is 22.2 Å². The summed E-state index contributed by atoms with van der Waals surface area (Å²) in [4.78, 5) is 37.9. The molecule has 0 fully saturated rings. The quantitative estimate of drug-likeness (QED) is 0.242. The first-order valence-corrected chi connectivity index (χ1v) is 12.9. The summed E-state index contributed by atoms with van der Waals surface area (Å²) >= 11 is 1.33. The van der Waals surface area contributed by atoms with E-state index >= 15 is 0 Å². The number of rotatable bonds is 7. The van der Waals surface area contributed by atoms with Crippen molar-refractivity contribution in [1.29, 1.82) is 0 Å². The van der Waals surface area contributed by atoms with Gasteiger partial charge in [0.25, 0.3) is 5.91 Å². The summed E-state index contributed by atoms with van der Waals surface area (Å²) in [5.74, 6) is -0.225. The number of carbonyl (C=O) groups is 2. The van der Waals surface area contributed by atoms with Gasteiger partial charge in [-0.2, -0.15) is 0 Å². The third-order valence-corrected chi connectivity index (χ3v) is 6.97. The Bertz CT molecular complexity index is 1570. The van der Waals surface area contributed by atoms with Gasteiger partial charge in [-0.15, -0.1) is 11.3 Å². The van der Waals surface area contributed by atoms with E-state index in [4.69, 9.17) is 4.74 Å². The molecule has 0 aliphatic carbocycles. The van der Waals surface area contributed by atoms with Gasteiger partial charge in [0.15, 0.2) is 11.2 Å². The Kier molecular flexibility index (Phi) is 6.83. The smallest absolute Gasteiger partial charge is 0.338 e. The predicted molar refractivity (Wildman–Crippen MR) is 147 cm³/mol. The summed E-state index contributed by atoms with van der Waals surface area (Å²) in [7, 11) is 0. The molecule has 0 radical (unpaired) electrons. The molecule has 37 heavy (non-hydrogen) atoms. The number of thiazole rings is 1. The van der Waals surface area contributed by atoms with Crippen LogP contribution in [0.15, 0.2) is 72.1 Å². The molecule has 0 spiro atoms. The first kappa shape index (κ1) is 24.4. The van der Waals surface area contributed by atoms with Crippen molar-refractivity contribution in [2.75, 3.05) is 5.32 Å². The number of nitrogens with one attached hydrogen (secondary N) is 2.